The number of carbonyl (C=O) groups is 1. The van der Waals surface area contributed by atoms with Crippen LogP contribution < -0.4 is 4.74 Å². The molecule has 0 aliphatic carbocycles. The number of benzene rings is 2. The van der Waals surface area contributed by atoms with E-state index >= 15 is 0 Å². The monoisotopic (exact) mass is 490 g/mol. The summed E-state index contributed by atoms with van der Waals surface area (Å²) < 4.78 is 10.9. The van der Waals surface area contributed by atoms with Crippen molar-refractivity contribution in [2.45, 2.75) is 10.5 Å². The highest BCUT2D eigenvalue weighted by Crippen LogP contribution is 2.51. The Bertz CT molecular complexity index is 883. The van der Waals surface area contributed by atoms with E-state index in [1.807, 2.05) is 53.9 Å². The number of hydrogen-bond donors (Lipinski definition) is 0. The van der Waals surface area contributed by atoms with Crippen molar-refractivity contribution in [3.05, 3.63) is 83.4 Å². The number of carbonyl (C=O) groups excluding carboxylic acids is 1. The zero-order chi connectivity index (χ0) is 20.7. The molecule has 6 heteroatoms. The Morgan fingerprint density at radius 1 is 1.00 bits per heavy atom. The van der Waals surface area contributed by atoms with Crippen LogP contribution in [0.1, 0.15) is 27.9 Å². The predicted octanol–water partition coefficient (Wildman–Crippen LogP) is 6.50. The SMILES string of the molecule is COC(=O)c1ccc(/C(Br)=C/C=C/C2(c3ccc(OC)cc3)SCCCS2)cc1. The molecule has 0 unspecified atom stereocenters. The summed E-state index contributed by atoms with van der Waals surface area (Å²) in [5.41, 5.74) is 2.82. The Morgan fingerprint density at radius 3 is 2.21 bits per heavy atom. The highest BCUT2D eigenvalue weighted by molar-refractivity contribution is 9.15. The van der Waals surface area contributed by atoms with Crippen LogP contribution in [0.4, 0.5) is 0 Å². The molecule has 3 rings (SSSR count). The van der Waals surface area contributed by atoms with Gasteiger partial charge >= 0.3 is 5.97 Å². The van der Waals surface area contributed by atoms with Crippen LogP contribution in [0.15, 0.2) is 66.8 Å². The summed E-state index contributed by atoms with van der Waals surface area (Å²) in [4.78, 5) is 11.6. The fourth-order valence-electron chi connectivity index (χ4n) is 2.97. The number of ether oxygens (including phenoxy) is 2. The maximum atomic E-state index is 11.6. The lowest BCUT2D eigenvalue weighted by Crippen LogP contribution is -2.20. The van der Waals surface area contributed by atoms with Gasteiger partial charge in [-0.25, -0.2) is 4.79 Å². The lowest BCUT2D eigenvalue weighted by Gasteiger charge is -2.34. The number of methoxy groups -OCH3 is 2. The highest BCUT2D eigenvalue weighted by atomic mass is 79.9. The fourth-order valence-corrected chi connectivity index (χ4v) is 6.54. The topological polar surface area (TPSA) is 35.5 Å². The number of esters is 1. The highest BCUT2D eigenvalue weighted by Gasteiger charge is 2.32. The number of hydrogen-bond acceptors (Lipinski definition) is 5. The van der Waals surface area contributed by atoms with Crippen molar-refractivity contribution in [3.63, 3.8) is 0 Å². The molecule has 0 N–H and O–H groups in total. The smallest absolute Gasteiger partial charge is 0.337 e. The normalized spacial score (nSPS) is 16.6. The van der Waals surface area contributed by atoms with Crippen LogP contribution in [-0.4, -0.2) is 31.7 Å². The van der Waals surface area contributed by atoms with Crippen molar-refractivity contribution in [1.29, 1.82) is 0 Å². The quantitative estimate of drug-likeness (QED) is 0.341. The first-order valence-corrected chi connectivity index (χ1v) is 12.0. The van der Waals surface area contributed by atoms with Crippen molar-refractivity contribution >= 4 is 49.9 Å². The van der Waals surface area contributed by atoms with E-state index in [-0.39, 0.29) is 10.0 Å². The molecule has 1 saturated heterocycles. The molecule has 0 aromatic heterocycles. The lowest BCUT2D eigenvalue weighted by atomic mass is 10.1. The standard InChI is InChI=1S/C23H23BrO3S2/c1-26-20-12-10-19(11-13-20)23(28-15-4-16-29-23)14-3-5-21(24)17-6-8-18(9-7-17)22(25)27-2/h3,5-14H,4,15-16H2,1-2H3/b14-3+,21-5-. The summed E-state index contributed by atoms with van der Waals surface area (Å²) in [5.74, 6) is 2.83. The third kappa shape index (κ3) is 5.50. The minimum atomic E-state index is -0.329. The van der Waals surface area contributed by atoms with E-state index in [1.54, 1.807) is 19.2 Å². The first-order valence-electron chi connectivity index (χ1n) is 9.24. The van der Waals surface area contributed by atoms with E-state index in [9.17, 15) is 4.79 Å². The second-order valence-corrected chi connectivity index (χ2v) is 10.2. The van der Waals surface area contributed by atoms with Crippen LogP contribution >= 0.6 is 39.5 Å². The molecular weight excluding hydrogens is 468 g/mol. The van der Waals surface area contributed by atoms with Gasteiger partial charge < -0.3 is 9.47 Å². The van der Waals surface area contributed by atoms with E-state index in [0.29, 0.717) is 5.56 Å². The molecule has 1 fully saturated rings. The molecular formula is C23H23BrO3S2. The molecule has 1 aliphatic heterocycles. The van der Waals surface area contributed by atoms with Crippen LogP contribution in [0.2, 0.25) is 0 Å². The summed E-state index contributed by atoms with van der Waals surface area (Å²) >= 11 is 7.59. The molecule has 2 aromatic rings. The van der Waals surface area contributed by atoms with Crippen molar-refractivity contribution < 1.29 is 14.3 Å². The maximum absolute atomic E-state index is 11.6. The molecule has 0 radical (unpaired) electrons. The van der Waals surface area contributed by atoms with Gasteiger partial charge in [0.1, 0.15) is 9.83 Å². The zero-order valence-electron chi connectivity index (χ0n) is 16.4. The van der Waals surface area contributed by atoms with E-state index in [4.69, 9.17) is 9.47 Å². The van der Waals surface area contributed by atoms with Crippen molar-refractivity contribution in [3.8, 4) is 5.75 Å². The summed E-state index contributed by atoms with van der Waals surface area (Å²) in [6.07, 6.45) is 7.66. The van der Waals surface area contributed by atoms with Gasteiger partial charge in [-0.15, -0.1) is 23.5 Å². The zero-order valence-corrected chi connectivity index (χ0v) is 19.6. The van der Waals surface area contributed by atoms with E-state index < -0.39 is 0 Å². The Morgan fingerprint density at radius 2 is 1.62 bits per heavy atom. The molecule has 0 atom stereocenters. The van der Waals surface area contributed by atoms with Gasteiger partial charge in [-0.1, -0.05) is 52.3 Å². The van der Waals surface area contributed by atoms with Gasteiger partial charge in [0.15, 0.2) is 0 Å². The van der Waals surface area contributed by atoms with Crippen LogP contribution in [0, 0.1) is 0 Å². The molecule has 3 nitrogen and oxygen atoms in total. The van der Waals surface area contributed by atoms with Crippen molar-refractivity contribution in [2.75, 3.05) is 25.7 Å². The Kier molecular flexibility index (Phi) is 7.92. The van der Waals surface area contributed by atoms with E-state index in [2.05, 4.69) is 40.2 Å². The molecule has 0 saturated carbocycles. The van der Waals surface area contributed by atoms with Gasteiger partial charge in [0, 0.05) is 4.48 Å². The number of thioether (sulfide) groups is 2. The van der Waals surface area contributed by atoms with E-state index in [1.165, 1.54) is 19.1 Å². The van der Waals surface area contributed by atoms with Gasteiger partial charge in [-0.2, -0.15) is 0 Å². The fraction of sp³-hybridized carbons (Fsp3) is 0.261. The average molecular weight is 491 g/mol. The number of allylic oxidation sites excluding steroid dienone is 2. The second kappa shape index (κ2) is 10.4. The summed E-state index contributed by atoms with van der Waals surface area (Å²) in [6.45, 7) is 0. The van der Waals surface area contributed by atoms with Crippen LogP contribution in [-0.2, 0) is 8.82 Å². The first-order chi connectivity index (χ1) is 14.1. The first kappa shape index (κ1) is 22.1. The van der Waals surface area contributed by atoms with Gasteiger partial charge in [-0.3, -0.25) is 0 Å². The van der Waals surface area contributed by atoms with Gasteiger partial charge in [0.05, 0.1) is 19.8 Å². The Labute approximate surface area is 189 Å². The summed E-state index contributed by atoms with van der Waals surface area (Å²) in [5, 5.41) is 0. The Balaban J connectivity index is 1.80. The Hall–Kier alpha value is -1.63. The van der Waals surface area contributed by atoms with Crippen molar-refractivity contribution in [1.82, 2.24) is 0 Å². The van der Waals surface area contributed by atoms with Crippen LogP contribution in [0.3, 0.4) is 0 Å². The van der Waals surface area contributed by atoms with E-state index in [0.717, 1.165) is 27.3 Å². The second-order valence-electron chi connectivity index (χ2n) is 6.39. The minimum absolute atomic E-state index is 0.0942. The van der Waals surface area contributed by atoms with Crippen LogP contribution in [0.5, 0.6) is 5.75 Å². The van der Waals surface area contributed by atoms with Crippen molar-refractivity contribution in [2.24, 2.45) is 0 Å². The largest absolute Gasteiger partial charge is 0.497 e. The third-order valence-electron chi connectivity index (χ3n) is 4.55. The van der Waals surface area contributed by atoms with Gasteiger partial charge in [0.2, 0.25) is 0 Å². The minimum Gasteiger partial charge on any atom is -0.497 e. The summed E-state index contributed by atoms with van der Waals surface area (Å²) in [6, 6.07) is 15.7. The van der Waals surface area contributed by atoms with Gasteiger partial charge in [-0.05, 0) is 59.4 Å². The predicted molar refractivity (Wildman–Crippen MR) is 128 cm³/mol. The molecule has 29 heavy (non-hydrogen) atoms. The lowest BCUT2D eigenvalue weighted by molar-refractivity contribution is 0.0600. The number of rotatable bonds is 6. The molecule has 0 spiro atoms. The number of halogens is 1. The maximum Gasteiger partial charge on any atom is 0.337 e. The third-order valence-corrected chi connectivity index (χ3v) is 8.57. The molecule has 1 heterocycles. The molecule has 0 amide bonds. The molecule has 152 valence electrons. The van der Waals surface area contributed by atoms with Crippen LogP contribution in [0.25, 0.3) is 4.48 Å². The molecule has 1 aliphatic rings. The molecule has 0 bridgehead atoms. The summed E-state index contributed by atoms with van der Waals surface area (Å²) in [7, 11) is 3.08. The van der Waals surface area contributed by atoms with Gasteiger partial charge in [0.25, 0.3) is 0 Å². The molecule has 2 aromatic carbocycles. The average Bonchev–Trinajstić information content (AvgIpc) is 2.79.